The first-order chi connectivity index (χ1) is 8.60. The number of hydrogen-bond acceptors (Lipinski definition) is 5. The Bertz CT molecular complexity index is 327. The molecule has 19 heavy (non-hydrogen) atoms. The molecule has 2 unspecified atom stereocenters. The van der Waals surface area contributed by atoms with E-state index in [2.05, 4.69) is 0 Å². The minimum atomic E-state index is -0.722. The molecule has 5 nitrogen and oxygen atoms in total. The maximum Gasteiger partial charge on any atom is 0.171 e. The summed E-state index contributed by atoms with van der Waals surface area (Å²) in [7, 11) is 3.46. The van der Waals surface area contributed by atoms with Crippen molar-refractivity contribution in [3.63, 3.8) is 0 Å². The van der Waals surface area contributed by atoms with Crippen molar-refractivity contribution in [2.75, 3.05) is 33.9 Å². The lowest BCUT2D eigenvalue weighted by Gasteiger charge is -2.29. The molecule has 0 amide bonds. The zero-order valence-electron chi connectivity index (χ0n) is 12.9. The van der Waals surface area contributed by atoms with Gasteiger partial charge in [-0.3, -0.25) is 4.79 Å². The SMILES string of the molecule is COCC(O)CN(C)CC1C(=O)C(C)(C)OC1(C)C. The Morgan fingerprint density at radius 3 is 2.42 bits per heavy atom. The predicted molar refractivity (Wildman–Crippen MR) is 73.1 cm³/mol. The van der Waals surface area contributed by atoms with E-state index in [1.54, 1.807) is 7.11 Å². The van der Waals surface area contributed by atoms with Crippen molar-refractivity contribution in [2.24, 2.45) is 5.92 Å². The van der Waals surface area contributed by atoms with E-state index in [-0.39, 0.29) is 11.7 Å². The minimum absolute atomic E-state index is 0.130. The summed E-state index contributed by atoms with van der Waals surface area (Å²) in [6.45, 7) is 8.89. The van der Waals surface area contributed by atoms with Crippen LogP contribution in [0, 0.1) is 5.92 Å². The standard InChI is InChI=1S/C14H27NO4/c1-13(2)11(12(17)14(3,4)19-13)8-15(5)7-10(16)9-18-6/h10-11,16H,7-9H2,1-6H3. The Balaban J connectivity index is 2.63. The minimum Gasteiger partial charge on any atom is -0.389 e. The highest BCUT2D eigenvalue weighted by Crippen LogP contribution is 2.39. The molecular formula is C14H27NO4. The first kappa shape index (κ1) is 16.6. The number of hydrogen-bond donors (Lipinski definition) is 1. The van der Waals surface area contributed by atoms with Crippen LogP contribution in [0.1, 0.15) is 27.7 Å². The van der Waals surface area contributed by atoms with Gasteiger partial charge in [0.2, 0.25) is 0 Å². The van der Waals surface area contributed by atoms with E-state index in [4.69, 9.17) is 9.47 Å². The van der Waals surface area contributed by atoms with E-state index in [9.17, 15) is 9.90 Å². The fourth-order valence-corrected chi connectivity index (χ4v) is 2.81. The van der Waals surface area contributed by atoms with Crippen molar-refractivity contribution in [3.8, 4) is 0 Å². The monoisotopic (exact) mass is 273 g/mol. The van der Waals surface area contributed by atoms with Gasteiger partial charge in [0.05, 0.1) is 24.2 Å². The molecule has 0 aromatic heterocycles. The molecule has 1 N–H and O–H groups in total. The molecule has 1 saturated heterocycles. The number of ketones is 1. The highest BCUT2D eigenvalue weighted by molar-refractivity contribution is 5.91. The Morgan fingerprint density at radius 1 is 1.42 bits per heavy atom. The summed E-state index contributed by atoms with van der Waals surface area (Å²) in [5.74, 6) is -0.0483. The van der Waals surface area contributed by atoms with Crippen LogP contribution in [-0.2, 0) is 14.3 Å². The van der Waals surface area contributed by atoms with Crippen LogP contribution in [0.3, 0.4) is 0 Å². The molecule has 2 atom stereocenters. The van der Waals surface area contributed by atoms with Crippen molar-refractivity contribution in [1.82, 2.24) is 4.90 Å². The van der Waals surface area contributed by atoms with Gasteiger partial charge in [-0.1, -0.05) is 0 Å². The molecular weight excluding hydrogens is 246 g/mol. The lowest BCUT2D eigenvalue weighted by atomic mass is 9.85. The Labute approximate surface area is 115 Å². The van der Waals surface area contributed by atoms with E-state index >= 15 is 0 Å². The number of likely N-dealkylation sites (N-methyl/N-ethyl adjacent to an activating group) is 1. The van der Waals surface area contributed by atoms with Crippen LogP contribution in [0.15, 0.2) is 0 Å². The third kappa shape index (κ3) is 3.99. The fourth-order valence-electron chi connectivity index (χ4n) is 2.81. The maximum atomic E-state index is 12.4. The smallest absolute Gasteiger partial charge is 0.171 e. The van der Waals surface area contributed by atoms with Crippen LogP contribution in [-0.4, -0.2) is 66.9 Å². The van der Waals surface area contributed by atoms with Crippen molar-refractivity contribution < 1.29 is 19.4 Å². The molecule has 0 bridgehead atoms. The molecule has 1 heterocycles. The van der Waals surface area contributed by atoms with Gasteiger partial charge in [0.15, 0.2) is 5.78 Å². The largest absolute Gasteiger partial charge is 0.389 e. The molecule has 0 aliphatic carbocycles. The van der Waals surface area contributed by atoms with Gasteiger partial charge in [0.25, 0.3) is 0 Å². The number of rotatable bonds is 6. The molecule has 112 valence electrons. The molecule has 1 fully saturated rings. The zero-order chi connectivity index (χ0) is 14.8. The molecule has 0 radical (unpaired) electrons. The Kier molecular flexibility index (Phi) is 5.12. The summed E-state index contributed by atoms with van der Waals surface area (Å²) in [4.78, 5) is 14.3. The van der Waals surface area contributed by atoms with E-state index in [1.807, 2.05) is 39.6 Å². The number of carbonyl (C=O) groups is 1. The van der Waals surface area contributed by atoms with E-state index in [0.29, 0.717) is 19.7 Å². The van der Waals surface area contributed by atoms with E-state index in [0.717, 1.165) is 0 Å². The molecule has 0 aromatic rings. The van der Waals surface area contributed by atoms with Crippen molar-refractivity contribution in [2.45, 2.75) is 45.0 Å². The van der Waals surface area contributed by atoms with Gasteiger partial charge in [-0.15, -0.1) is 0 Å². The van der Waals surface area contributed by atoms with Gasteiger partial charge < -0.3 is 19.5 Å². The third-order valence-electron chi connectivity index (χ3n) is 3.64. The number of carbonyl (C=O) groups excluding carboxylic acids is 1. The zero-order valence-corrected chi connectivity index (χ0v) is 12.9. The first-order valence-corrected chi connectivity index (χ1v) is 6.70. The highest BCUT2D eigenvalue weighted by atomic mass is 16.5. The van der Waals surface area contributed by atoms with Crippen LogP contribution in [0.2, 0.25) is 0 Å². The van der Waals surface area contributed by atoms with E-state index in [1.165, 1.54) is 0 Å². The van der Waals surface area contributed by atoms with E-state index < -0.39 is 17.3 Å². The first-order valence-electron chi connectivity index (χ1n) is 6.70. The molecule has 1 aliphatic rings. The van der Waals surface area contributed by atoms with Crippen LogP contribution in [0.5, 0.6) is 0 Å². The van der Waals surface area contributed by atoms with Crippen LogP contribution < -0.4 is 0 Å². The predicted octanol–water partition coefficient (Wildman–Crippen LogP) is 0.698. The summed E-state index contributed by atoms with van der Waals surface area (Å²) in [5.41, 5.74) is -1.19. The number of aliphatic hydroxyl groups is 1. The molecule has 1 aliphatic heterocycles. The fraction of sp³-hybridized carbons (Fsp3) is 0.929. The van der Waals surface area contributed by atoms with Gasteiger partial charge in [0.1, 0.15) is 5.60 Å². The number of aliphatic hydroxyl groups excluding tert-OH is 1. The van der Waals surface area contributed by atoms with Gasteiger partial charge in [-0.25, -0.2) is 0 Å². The Hall–Kier alpha value is -0.490. The number of ether oxygens (including phenoxy) is 2. The third-order valence-corrected chi connectivity index (χ3v) is 3.64. The summed E-state index contributed by atoms with van der Waals surface area (Å²) < 4.78 is 10.8. The van der Waals surface area contributed by atoms with Crippen molar-refractivity contribution in [1.29, 1.82) is 0 Å². The molecule has 0 saturated carbocycles. The topological polar surface area (TPSA) is 59.0 Å². The van der Waals surface area contributed by atoms with Gasteiger partial charge in [-0.05, 0) is 34.7 Å². The average Bonchev–Trinajstić information content (AvgIpc) is 2.37. The summed E-state index contributed by atoms with van der Waals surface area (Å²) in [6.07, 6.45) is -0.538. The number of nitrogens with zero attached hydrogens (tertiary/aromatic N) is 1. The second-order valence-corrected chi connectivity index (χ2v) is 6.46. The molecule has 0 aromatic carbocycles. The normalized spacial score (nSPS) is 26.9. The highest BCUT2D eigenvalue weighted by Gasteiger charge is 2.53. The van der Waals surface area contributed by atoms with Crippen LogP contribution in [0.4, 0.5) is 0 Å². The van der Waals surface area contributed by atoms with Crippen LogP contribution >= 0.6 is 0 Å². The Morgan fingerprint density at radius 2 is 2.00 bits per heavy atom. The summed E-state index contributed by atoms with van der Waals surface area (Å²) in [6, 6.07) is 0. The van der Waals surface area contributed by atoms with Crippen LogP contribution in [0.25, 0.3) is 0 Å². The summed E-state index contributed by atoms with van der Waals surface area (Å²) in [5, 5.41) is 9.71. The average molecular weight is 273 g/mol. The van der Waals surface area contributed by atoms with Gasteiger partial charge in [0, 0.05) is 20.2 Å². The van der Waals surface area contributed by atoms with Crippen molar-refractivity contribution >= 4 is 5.78 Å². The molecule has 0 spiro atoms. The van der Waals surface area contributed by atoms with Gasteiger partial charge >= 0.3 is 0 Å². The molecule has 5 heteroatoms. The lowest BCUT2D eigenvalue weighted by molar-refractivity contribution is -0.132. The lowest BCUT2D eigenvalue weighted by Crippen LogP contribution is -2.42. The summed E-state index contributed by atoms with van der Waals surface area (Å²) >= 11 is 0. The van der Waals surface area contributed by atoms with Crippen molar-refractivity contribution in [3.05, 3.63) is 0 Å². The number of Topliss-reactive ketones (excluding diaryl/α,β-unsaturated/α-hetero) is 1. The quantitative estimate of drug-likeness (QED) is 0.772. The number of methoxy groups -OCH3 is 1. The second-order valence-electron chi connectivity index (χ2n) is 6.46. The maximum absolute atomic E-state index is 12.4. The molecule has 1 rings (SSSR count). The second kappa shape index (κ2) is 5.87. The van der Waals surface area contributed by atoms with Gasteiger partial charge in [-0.2, -0.15) is 0 Å².